The Balaban J connectivity index is 1.82. The standard InChI is InChI=1S/C24H18F3N3O3/c1-2-33-16-13-11-15(12-14-16)30-23(32)18-8-4-3-7-17(18)21(29-30)22(31)28-20-10-6-5-9-19(20)24(25,26)27/h3-14H,2H2,1H3,(H,28,31). The van der Waals surface area contributed by atoms with E-state index in [1.54, 1.807) is 36.4 Å². The van der Waals surface area contributed by atoms with Gasteiger partial charge < -0.3 is 10.1 Å². The molecule has 0 aliphatic rings. The Bertz CT molecular complexity index is 1380. The Morgan fingerprint density at radius 1 is 0.970 bits per heavy atom. The van der Waals surface area contributed by atoms with E-state index in [9.17, 15) is 22.8 Å². The molecule has 1 heterocycles. The SMILES string of the molecule is CCOc1ccc(-n2nc(C(=O)Nc3ccccc3C(F)(F)F)c3ccccc3c2=O)cc1. The van der Waals surface area contributed by atoms with Crippen LogP contribution in [0.3, 0.4) is 0 Å². The maximum Gasteiger partial charge on any atom is 0.418 e. The van der Waals surface area contributed by atoms with Gasteiger partial charge in [-0.1, -0.05) is 30.3 Å². The number of anilines is 1. The van der Waals surface area contributed by atoms with Crippen molar-refractivity contribution in [3.63, 3.8) is 0 Å². The van der Waals surface area contributed by atoms with Crippen LogP contribution in [0.2, 0.25) is 0 Å². The Hall–Kier alpha value is -4.14. The number of alkyl halides is 3. The summed E-state index contributed by atoms with van der Waals surface area (Å²) in [6.07, 6.45) is -4.65. The van der Waals surface area contributed by atoms with Crippen LogP contribution >= 0.6 is 0 Å². The van der Waals surface area contributed by atoms with Crippen molar-refractivity contribution in [1.82, 2.24) is 9.78 Å². The van der Waals surface area contributed by atoms with Gasteiger partial charge in [-0.3, -0.25) is 9.59 Å². The molecule has 4 aromatic rings. The van der Waals surface area contributed by atoms with Crippen LogP contribution in [0.1, 0.15) is 23.0 Å². The summed E-state index contributed by atoms with van der Waals surface area (Å²) in [6, 6.07) is 17.5. The normalized spacial score (nSPS) is 11.4. The van der Waals surface area contributed by atoms with Gasteiger partial charge in [0.1, 0.15) is 5.75 Å². The Morgan fingerprint density at radius 3 is 2.27 bits per heavy atom. The van der Waals surface area contributed by atoms with E-state index in [0.717, 1.165) is 16.8 Å². The molecule has 9 heteroatoms. The zero-order valence-electron chi connectivity index (χ0n) is 17.4. The van der Waals surface area contributed by atoms with Crippen molar-refractivity contribution in [2.24, 2.45) is 0 Å². The van der Waals surface area contributed by atoms with E-state index < -0.39 is 28.9 Å². The van der Waals surface area contributed by atoms with Gasteiger partial charge in [-0.15, -0.1) is 0 Å². The molecule has 33 heavy (non-hydrogen) atoms. The number of fused-ring (bicyclic) bond motifs is 1. The monoisotopic (exact) mass is 453 g/mol. The van der Waals surface area contributed by atoms with Crippen molar-refractivity contribution in [2.75, 3.05) is 11.9 Å². The van der Waals surface area contributed by atoms with Crippen LogP contribution in [-0.2, 0) is 6.18 Å². The molecule has 1 N–H and O–H groups in total. The quantitative estimate of drug-likeness (QED) is 0.459. The van der Waals surface area contributed by atoms with E-state index in [0.29, 0.717) is 18.0 Å². The van der Waals surface area contributed by atoms with E-state index in [1.165, 1.54) is 24.3 Å². The number of amides is 1. The van der Waals surface area contributed by atoms with E-state index in [1.807, 2.05) is 6.92 Å². The maximum absolute atomic E-state index is 13.4. The van der Waals surface area contributed by atoms with Crippen molar-refractivity contribution >= 4 is 22.4 Å². The molecule has 3 aromatic carbocycles. The second-order valence-corrected chi connectivity index (χ2v) is 7.04. The van der Waals surface area contributed by atoms with Crippen LogP contribution in [0.15, 0.2) is 77.6 Å². The molecule has 0 unspecified atom stereocenters. The minimum absolute atomic E-state index is 0.184. The number of carbonyl (C=O) groups is 1. The number of para-hydroxylation sites is 1. The van der Waals surface area contributed by atoms with Crippen molar-refractivity contribution in [3.05, 3.63) is 94.4 Å². The molecule has 0 aliphatic heterocycles. The lowest BCUT2D eigenvalue weighted by molar-refractivity contribution is -0.136. The fourth-order valence-corrected chi connectivity index (χ4v) is 3.40. The average molecular weight is 453 g/mol. The lowest BCUT2D eigenvalue weighted by Gasteiger charge is -2.15. The van der Waals surface area contributed by atoms with E-state index in [4.69, 9.17) is 4.74 Å². The Kier molecular flexibility index (Phi) is 5.87. The van der Waals surface area contributed by atoms with Crippen LogP contribution in [0, 0.1) is 0 Å². The molecule has 0 radical (unpaired) electrons. The third-order valence-corrected chi connectivity index (χ3v) is 4.89. The van der Waals surface area contributed by atoms with E-state index in [2.05, 4.69) is 10.4 Å². The first kappa shape index (κ1) is 22.1. The molecule has 0 saturated carbocycles. The number of benzene rings is 3. The van der Waals surface area contributed by atoms with Crippen LogP contribution in [-0.4, -0.2) is 22.3 Å². The van der Waals surface area contributed by atoms with Crippen LogP contribution in [0.5, 0.6) is 5.75 Å². The van der Waals surface area contributed by atoms with Gasteiger partial charge >= 0.3 is 6.18 Å². The van der Waals surface area contributed by atoms with Gasteiger partial charge in [-0.2, -0.15) is 23.0 Å². The fourth-order valence-electron chi connectivity index (χ4n) is 3.40. The summed E-state index contributed by atoms with van der Waals surface area (Å²) in [7, 11) is 0. The second kappa shape index (κ2) is 8.78. The molecular formula is C24H18F3N3O3. The largest absolute Gasteiger partial charge is 0.494 e. The molecule has 0 fully saturated rings. The van der Waals surface area contributed by atoms with Gasteiger partial charge in [0.15, 0.2) is 5.69 Å². The first-order valence-corrected chi connectivity index (χ1v) is 10.0. The molecule has 0 aliphatic carbocycles. The van der Waals surface area contributed by atoms with Crippen LogP contribution in [0.25, 0.3) is 16.5 Å². The average Bonchev–Trinajstić information content (AvgIpc) is 2.80. The van der Waals surface area contributed by atoms with Gasteiger partial charge in [0.05, 0.1) is 28.9 Å². The highest BCUT2D eigenvalue weighted by molar-refractivity contribution is 6.11. The zero-order chi connectivity index (χ0) is 23.6. The number of carbonyl (C=O) groups excluding carboxylic acids is 1. The fraction of sp³-hybridized carbons (Fsp3) is 0.125. The van der Waals surface area contributed by atoms with Crippen LogP contribution in [0.4, 0.5) is 18.9 Å². The summed E-state index contributed by atoms with van der Waals surface area (Å²) in [5.41, 5.74) is -1.67. The summed E-state index contributed by atoms with van der Waals surface area (Å²) in [4.78, 5) is 26.1. The first-order chi connectivity index (χ1) is 15.8. The predicted molar refractivity (Wildman–Crippen MR) is 118 cm³/mol. The van der Waals surface area contributed by atoms with E-state index >= 15 is 0 Å². The summed E-state index contributed by atoms with van der Waals surface area (Å²) in [5.74, 6) is -0.278. The highest BCUT2D eigenvalue weighted by Crippen LogP contribution is 2.34. The lowest BCUT2D eigenvalue weighted by atomic mass is 10.1. The minimum Gasteiger partial charge on any atom is -0.494 e. The molecular weight excluding hydrogens is 435 g/mol. The molecule has 168 valence electrons. The van der Waals surface area contributed by atoms with Crippen molar-refractivity contribution in [2.45, 2.75) is 13.1 Å². The third kappa shape index (κ3) is 4.43. The number of halogens is 3. The molecule has 0 saturated heterocycles. The smallest absolute Gasteiger partial charge is 0.418 e. The zero-order valence-corrected chi connectivity index (χ0v) is 17.4. The highest BCUT2D eigenvalue weighted by Gasteiger charge is 2.34. The van der Waals surface area contributed by atoms with Gasteiger partial charge in [-0.05, 0) is 49.4 Å². The summed E-state index contributed by atoms with van der Waals surface area (Å²) < 4.78 is 46.5. The number of rotatable bonds is 5. The Morgan fingerprint density at radius 2 is 1.61 bits per heavy atom. The number of hydrogen-bond donors (Lipinski definition) is 1. The number of nitrogens with one attached hydrogen (secondary N) is 1. The predicted octanol–water partition coefficient (Wildman–Crippen LogP) is 5.06. The Labute approximate surface area is 186 Å². The van der Waals surface area contributed by atoms with E-state index in [-0.39, 0.29) is 16.5 Å². The number of ether oxygens (including phenoxy) is 1. The van der Waals surface area contributed by atoms with Gasteiger partial charge in [0.25, 0.3) is 11.5 Å². The van der Waals surface area contributed by atoms with Gasteiger partial charge in [0, 0.05) is 5.39 Å². The molecule has 1 amide bonds. The minimum atomic E-state index is -4.65. The first-order valence-electron chi connectivity index (χ1n) is 10.0. The maximum atomic E-state index is 13.4. The summed E-state index contributed by atoms with van der Waals surface area (Å²) >= 11 is 0. The van der Waals surface area contributed by atoms with Crippen molar-refractivity contribution < 1.29 is 22.7 Å². The number of hydrogen-bond acceptors (Lipinski definition) is 4. The molecule has 0 bridgehead atoms. The molecule has 6 nitrogen and oxygen atoms in total. The third-order valence-electron chi connectivity index (χ3n) is 4.89. The molecule has 0 spiro atoms. The van der Waals surface area contributed by atoms with Gasteiger partial charge in [0.2, 0.25) is 0 Å². The number of aromatic nitrogens is 2. The summed E-state index contributed by atoms with van der Waals surface area (Å²) in [6.45, 7) is 2.31. The molecule has 4 rings (SSSR count). The molecule has 1 aromatic heterocycles. The second-order valence-electron chi connectivity index (χ2n) is 7.04. The van der Waals surface area contributed by atoms with Crippen molar-refractivity contribution in [3.8, 4) is 11.4 Å². The molecule has 0 atom stereocenters. The summed E-state index contributed by atoms with van der Waals surface area (Å²) in [5, 5.41) is 6.93. The highest BCUT2D eigenvalue weighted by atomic mass is 19.4. The van der Waals surface area contributed by atoms with Gasteiger partial charge in [-0.25, -0.2) is 0 Å². The topological polar surface area (TPSA) is 73.2 Å². The number of nitrogens with zero attached hydrogens (tertiary/aromatic N) is 2. The lowest BCUT2D eigenvalue weighted by Crippen LogP contribution is -2.27. The van der Waals surface area contributed by atoms with Crippen molar-refractivity contribution in [1.29, 1.82) is 0 Å². The van der Waals surface area contributed by atoms with Crippen LogP contribution < -0.4 is 15.6 Å².